The molecular formula is C26H18N2O5. The Morgan fingerprint density at radius 3 is 1.67 bits per heavy atom. The van der Waals surface area contributed by atoms with Crippen LogP contribution in [-0.2, 0) is 9.59 Å². The van der Waals surface area contributed by atoms with E-state index >= 15 is 0 Å². The summed E-state index contributed by atoms with van der Waals surface area (Å²) in [6.07, 6.45) is 5.60. The van der Waals surface area contributed by atoms with E-state index in [0.29, 0.717) is 28.8 Å². The molecule has 162 valence electrons. The standard InChI is InChI=1S/C26H18N2O5/c1-3-24(29)31-20-9-5-17(6-10-20)19-15-27-26(28-16-19)23-14-13-22(33-23)18-7-11-21(12-8-18)32-25(30)4-2/h3-16H,1-2H2. The molecule has 0 amide bonds. The maximum atomic E-state index is 11.3. The number of rotatable bonds is 7. The first-order valence-electron chi connectivity index (χ1n) is 9.87. The van der Waals surface area contributed by atoms with Crippen LogP contribution < -0.4 is 9.47 Å². The van der Waals surface area contributed by atoms with Crippen LogP contribution in [0.1, 0.15) is 0 Å². The average Bonchev–Trinajstić information content (AvgIpc) is 3.35. The quantitative estimate of drug-likeness (QED) is 0.221. The fourth-order valence-electron chi connectivity index (χ4n) is 2.94. The fourth-order valence-corrected chi connectivity index (χ4v) is 2.94. The zero-order valence-electron chi connectivity index (χ0n) is 17.4. The Balaban J connectivity index is 1.47. The van der Waals surface area contributed by atoms with Gasteiger partial charge in [0.1, 0.15) is 17.3 Å². The van der Waals surface area contributed by atoms with Crippen molar-refractivity contribution >= 4 is 11.9 Å². The Bertz CT molecular complexity index is 1300. The number of carbonyl (C=O) groups excluding carboxylic acids is 2. The highest BCUT2D eigenvalue weighted by atomic mass is 16.5. The lowest BCUT2D eigenvalue weighted by molar-refractivity contribution is -0.129. The highest BCUT2D eigenvalue weighted by molar-refractivity contribution is 5.84. The molecule has 33 heavy (non-hydrogen) atoms. The Kier molecular flexibility index (Phi) is 6.22. The van der Waals surface area contributed by atoms with Crippen LogP contribution >= 0.6 is 0 Å². The summed E-state index contributed by atoms with van der Waals surface area (Å²) in [5.41, 5.74) is 2.49. The normalized spacial score (nSPS) is 10.3. The van der Waals surface area contributed by atoms with E-state index in [-0.39, 0.29) is 0 Å². The van der Waals surface area contributed by atoms with Gasteiger partial charge in [-0.3, -0.25) is 0 Å². The van der Waals surface area contributed by atoms with Crippen molar-refractivity contribution in [3.63, 3.8) is 0 Å². The summed E-state index contributed by atoms with van der Waals surface area (Å²) in [5, 5.41) is 0. The second-order valence-corrected chi connectivity index (χ2v) is 6.76. The van der Waals surface area contributed by atoms with Gasteiger partial charge in [0.05, 0.1) is 0 Å². The van der Waals surface area contributed by atoms with Crippen molar-refractivity contribution in [3.05, 3.63) is 98.4 Å². The van der Waals surface area contributed by atoms with E-state index in [0.717, 1.165) is 28.8 Å². The highest BCUT2D eigenvalue weighted by Gasteiger charge is 2.11. The van der Waals surface area contributed by atoms with Gasteiger partial charge in [-0.15, -0.1) is 0 Å². The fraction of sp³-hybridized carbons (Fsp3) is 0. The zero-order chi connectivity index (χ0) is 23.2. The monoisotopic (exact) mass is 438 g/mol. The van der Waals surface area contributed by atoms with Gasteiger partial charge in [-0.25, -0.2) is 19.6 Å². The van der Waals surface area contributed by atoms with Gasteiger partial charge in [0.25, 0.3) is 0 Å². The van der Waals surface area contributed by atoms with Gasteiger partial charge in [-0.1, -0.05) is 25.3 Å². The molecule has 0 aliphatic carbocycles. The van der Waals surface area contributed by atoms with Crippen LogP contribution in [0.3, 0.4) is 0 Å². The van der Waals surface area contributed by atoms with Gasteiger partial charge in [0, 0.05) is 35.7 Å². The van der Waals surface area contributed by atoms with E-state index in [1.807, 2.05) is 18.2 Å². The molecule has 4 rings (SSSR count). The first-order chi connectivity index (χ1) is 16.1. The number of ether oxygens (including phenoxy) is 2. The van der Waals surface area contributed by atoms with Crippen molar-refractivity contribution in [3.8, 4) is 45.5 Å². The SMILES string of the molecule is C=CC(=O)Oc1ccc(-c2cnc(-c3ccc(-c4ccc(OC(=O)C=C)cc4)o3)nc2)cc1. The van der Waals surface area contributed by atoms with Gasteiger partial charge < -0.3 is 13.9 Å². The van der Waals surface area contributed by atoms with Gasteiger partial charge in [-0.05, 0) is 54.1 Å². The lowest BCUT2D eigenvalue weighted by Crippen LogP contribution is -2.02. The van der Waals surface area contributed by atoms with Gasteiger partial charge in [0.15, 0.2) is 11.6 Å². The number of nitrogens with zero attached hydrogens (tertiary/aromatic N) is 2. The first-order valence-corrected chi connectivity index (χ1v) is 9.87. The summed E-state index contributed by atoms with van der Waals surface area (Å²) in [4.78, 5) is 31.4. The van der Waals surface area contributed by atoms with Crippen LogP contribution in [0.5, 0.6) is 11.5 Å². The van der Waals surface area contributed by atoms with E-state index in [4.69, 9.17) is 13.9 Å². The van der Waals surface area contributed by atoms with Crippen LogP contribution in [-0.4, -0.2) is 21.9 Å². The molecule has 0 saturated heterocycles. The van der Waals surface area contributed by atoms with Crippen LogP contribution in [0.25, 0.3) is 34.0 Å². The van der Waals surface area contributed by atoms with Crippen LogP contribution in [0.15, 0.2) is 103 Å². The Hall–Kier alpha value is -4.78. The third kappa shape index (κ3) is 5.11. The molecule has 0 atom stereocenters. The molecule has 0 saturated carbocycles. The van der Waals surface area contributed by atoms with Crippen LogP contribution in [0.2, 0.25) is 0 Å². The molecule has 0 N–H and O–H groups in total. The Labute approximate surface area is 189 Å². The van der Waals surface area contributed by atoms with Crippen molar-refractivity contribution in [2.24, 2.45) is 0 Å². The number of hydrogen-bond acceptors (Lipinski definition) is 7. The molecule has 7 heteroatoms. The zero-order valence-corrected chi connectivity index (χ0v) is 17.4. The van der Waals surface area contributed by atoms with E-state index < -0.39 is 11.9 Å². The molecule has 2 aromatic carbocycles. The number of esters is 2. The van der Waals surface area contributed by atoms with Gasteiger partial charge in [0.2, 0.25) is 0 Å². The number of furan rings is 1. The van der Waals surface area contributed by atoms with Gasteiger partial charge >= 0.3 is 11.9 Å². The predicted octanol–water partition coefficient (Wildman–Crippen LogP) is 5.25. The maximum absolute atomic E-state index is 11.3. The predicted molar refractivity (Wildman–Crippen MR) is 122 cm³/mol. The summed E-state index contributed by atoms with van der Waals surface area (Å²) in [5.74, 6) is 1.40. The molecule has 0 aliphatic heterocycles. The molecule has 0 unspecified atom stereocenters. The molecule has 0 spiro atoms. The lowest BCUT2D eigenvalue weighted by atomic mass is 10.1. The highest BCUT2D eigenvalue weighted by Crippen LogP contribution is 2.29. The van der Waals surface area contributed by atoms with Gasteiger partial charge in [-0.2, -0.15) is 0 Å². The minimum atomic E-state index is -0.518. The molecule has 7 nitrogen and oxygen atoms in total. The minimum Gasteiger partial charge on any atom is -0.453 e. The van der Waals surface area contributed by atoms with E-state index in [2.05, 4.69) is 23.1 Å². The maximum Gasteiger partial charge on any atom is 0.335 e. The molecule has 2 heterocycles. The van der Waals surface area contributed by atoms with Crippen molar-refractivity contribution in [1.29, 1.82) is 0 Å². The number of benzene rings is 2. The molecule has 0 bridgehead atoms. The van der Waals surface area contributed by atoms with Crippen molar-refractivity contribution in [2.75, 3.05) is 0 Å². The molecule has 2 aromatic heterocycles. The summed E-state index contributed by atoms with van der Waals surface area (Å²) in [6, 6.07) is 17.5. The first kappa shape index (κ1) is 21.5. The topological polar surface area (TPSA) is 91.5 Å². The summed E-state index contributed by atoms with van der Waals surface area (Å²) >= 11 is 0. The second kappa shape index (κ2) is 9.57. The number of carbonyl (C=O) groups is 2. The van der Waals surface area contributed by atoms with Crippen LogP contribution in [0, 0.1) is 0 Å². The van der Waals surface area contributed by atoms with E-state index in [1.165, 1.54) is 0 Å². The number of hydrogen-bond donors (Lipinski definition) is 0. The van der Waals surface area contributed by atoms with E-state index in [1.54, 1.807) is 54.9 Å². The average molecular weight is 438 g/mol. The third-order valence-electron chi connectivity index (χ3n) is 4.57. The summed E-state index contributed by atoms with van der Waals surface area (Å²) in [6.45, 7) is 6.74. The van der Waals surface area contributed by atoms with E-state index in [9.17, 15) is 9.59 Å². The lowest BCUT2D eigenvalue weighted by Gasteiger charge is -2.04. The van der Waals surface area contributed by atoms with Crippen molar-refractivity contribution in [2.45, 2.75) is 0 Å². The smallest absolute Gasteiger partial charge is 0.335 e. The molecule has 0 aliphatic rings. The second-order valence-electron chi connectivity index (χ2n) is 6.76. The Morgan fingerprint density at radius 2 is 1.15 bits per heavy atom. The van der Waals surface area contributed by atoms with Crippen molar-refractivity contribution in [1.82, 2.24) is 9.97 Å². The molecule has 4 aromatic rings. The third-order valence-corrected chi connectivity index (χ3v) is 4.57. The minimum absolute atomic E-state index is 0.418. The number of aromatic nitrogens is 2. The van der Waals surface area contributed by atoms with Crippen molar-refractivity contribution < 1.29 is 23.5 Å². The molecule has 0 radical (unpaired) electrons. The molecule has 0 fully saturated rings. The largest absolute Gasteiger partial charge is 0.453 e. The Morgan fingerprint density at radius 1 is 0.667 bits per heavy atom. The van der Waals surface area contributed by atoms with Crippen LogP contribution in [0.4, 0.5) is 0 Å². The summed E-state index contributed by atoms with van der Waals surface area (Å²) < 4.78 is 16.0. The molecular weight excluding hydrogens is 420 g/mol. The summed E-state index contributed by atoms with van der Waals surface area (Å²) in [7, 11) is 0.